The smallest absolute Gasteiger partial charge is 0.244 e. The summed E-state index contributed by atoms with van der Waals surface area (Å²) < 4.78 is 26.7. The van der Waals surface area contributed by atoms with Crippen LogP contribution in [0.1, 0.15) is 24.1 Å². The van der Waals surface area contributed by atoms with Crippen LogP contribution in [0, 0.1) is 18.6 Å². The summed E-state index contributed by atoms with van der Waals surface area (Å²) in [5.74, 6) is -1.37. The number of halogens is 2. The van der Waals surface area contributed by atoms with Gasteiger partial charge in [-0.25, -0.2) is 8.78 Å². The number of carbonyl (C=O) groups excluding carboxylic acids is 1. The molecule has 0 spiro atoms. The van der Waals surface area contributed by atoms with Crippen LogP contribution in [0.3, 0.4) is 0 Å². The molecule has 134 valence electrons. The van der Waals surface area contributed by atoms with E-state index in [1.807, 2.05) is 31.2 Å². The number of hydrogen-bond acceptors (Lipinski definition) is 4. The van der Waals surface area contributed by atoms with Crippen LogP contribution in [-0.4, -0.2) is 26.1 Å². The number of nitrogens with one attached hydrogen (secondary N) is 1. The molecule has 0 unspecified atom stereocenters. The van der Waals surface area contributed by atoms with Crippen molar-refractivity contribution in [2.45, 2.75) is 26.4 Å². The number of amides is 1. The Bertz CT molecular complexity index is 924. The predicted molar refractivity (Wildman–Crippen MR) is 90.9 cm³/mol. The van der Waals surface area contributed by atoms with Gasteiger partial charge in [0.2, 0.25) is 11.7 Å². The van der Waals surface area contributed by atoms with Crippen molar-refractivity contribution >= 4 is 5.91 Å². The van der Waals surface area contributed by atoms with Crippen LogP contribution < -0.4 is 5.32 Å². The van der Waals surface area contributed by atoms with Gasteiger partial charge >= 0.3 is 0 Å². The van der Waals surface area contributed by atoms with Crippen LogP contribution in [-0.2, 0) is 11.3 Å². The van der Waals surface area contributed by atoms with Gasteiger partial charge in [0.25, 0.3) is 0 Å². The zero-order valence-electron chi connectivity index (χ0n) is 14.3. The van der Waals surface area contributed by atoms with Gasteiger partial charge in [-0.05, 0) is 25.1 Å². The lowest BCUT2D eigenvalue weighted by atomic mass is 10.1. The number of rotatable bonds is 5. The summed E-state index contributed by atoms with van der Waals surface area (Å²) in [5, 5.41) is 14.6. The summed E-state index contributed by atoms with van der Waals surface area (Å²) in [7, 11) is 0. The minimum absolute atomic E-state index is 0.161. The van der Waals surface area contributed by atoms with Crippen LogP contribution in [0.15, 0.2) is 42.5 Å². The summed E-state index contributed by atoms with van der Waals surface area (Å²) in [6.45, 7) is 3.43. The van der Waals surface area contributed by atoms with Crippen LogP contribution in [0.25, 0.3) is 11.4 Å². The van der Waals surface area contributed by atoms with E-state index in [0.29, 0.717) is 5.82 Å². The maximum absolute atomic E-state index is 13.8. The van der Waals surface area contributed by atoms with Gasteiger partial charge in [0.15, 0.2) is 0 Å². The summed E-state index contributed by atoms with van der Waals surface area (Å²) in [5.41, 5.74) is 2.11. The molecule has 1 atom stereocenters. The van der Waals surface area contributed by atoms with Crippen molar-refractivity contribution in [2.24, 2.45) is 0 Å². The van der Waals surface area contributed by atoms with Gasteiger partial charge in [-0.1, -0.05) is 35.9 Å². The number of carbonyl (C=O) groups is 1. The second-order valence-electron chi connectivity index (χ2n) is 5.96. The van der Waals surface area contributed by atoms with E-state index >= 15 is 0 Å². The Labute approximate surface area is 148 Å². The zero-order valence-corrected chi connectivity index (χ0v) is 14.3. The molecule has 1 aromatic heterocycles. The molecule has 1 amide bonds. The first-order valence-electron chi connectivity index (χ1n) is 8.01. The summed E-state index contributed by atoms with van der Waals surface area (Å²) in [6.07, 6.45) is 0. The molecule has 3 rings (SSSR count). The quantitative estimate of drug-likeness (QED) is 0.762. The fraction of sp³-hybridized carbons (Fsp3) is 0.222. The molecule has 6 nitrogen and oxygen atoms in total. The van der Waals surface area contributed by atoms with Crippen LogP contribution >= 0.6 is 0 Å². The third-order valence-corrected chi connectivity index (χ3v) is 3.85. The molecule has 1 N–H and O–H groups in total. The Balaban J connectivity index is 1.64. The van der Waals surface area contributed by atoms with Crippen molar-refractivity contribution in [3.63, 3.8) is 0 Å². The topological polar surface area (TPSA) is 72.7 Å². The fourth-order valence-corrected chi connectivity index (χ4v) is 2.47. The highest BCUT2D eigenvalue weighted by Gasteiger charge is 2.16. The molecule has 0 radical (unpaired) electrons. The Hall–Kier alpha value is -3.16. The third-order valence-electron chi connectivity index (χ3n) is 3.85. The average Bonchev–Trinajstić information content (AvgIpc) is 3.03. The molecule has 0 bridgehead atoms. The summed E-state index contributed by atoms with van der Waals surface area (Å²) in [4.78, 5) is 13.3. The van der Waals surface area contributed by atoms with Gasteiger partial charge in [0, 0.05) is 17.2 Å². The summed E-state index contributed by atoms with van der Waals surface area (Å²) >= 11 is 0. The van der Waals surface area contributed by atoms with Crippen molar-refractivity contribution in [1.29, 1.82) is 0 Å². The van der Waals surface area contributed by atoms with Crippen molar-refractivity contribution in [3.8, 4) is 11.4 Å². The second kappa shape index (κ2) is 7.38. The highest BCUT2D eigenvalue weighted by Crippen LogP contribution is 2.18. The molecule has 8 heteroatoms. The number of aryl methyl sites for hydroxylation is 1. The normalized spacial score (nSPS) is 12.0. The Kier molecular flexibility index (Phi) is 5.01. The maximum atomic E-state index is 13.8. The molecule has 0 saturated carbocycles. The van der Waals surface area contributed by atoms with Crippen LogP contribution in [0.2, 0.25) is 0 Å². The minimum Gasteiger partial charge on any atom is -0.348 e. The number of benzene rings is 2. The van der Waals surface area contributed by atoms with E-state index in [0.717, 1.165) is 28.1 Å². The molecule has 2 aromatic carbocycles. The molecule has 1 heterocycles. The van der Waals surface area contributed by atoms with Crippen LogP contribution in [0.4, 0.5) is 8.78 Å². The lowest BCUT2D eigenvalue weighted by Crippen LogP contribution is -2.31. The van der Waals surface area contributed by atoms with Crippen molar-refractivity contribution in [2.75, 3.05) is 0 Å². The molecule has 0 aliphatic heterocycles. The minimum atomic E-state index is -0.710. The van der Waals surface area contributed by atoms with Crippen molar-refractivity contribution in [1.82, 2.24) is 25.5 Å². The second-order valence-corrected chi connectivity index (χ2v) is 5.96. The number of tetrazole rings is 1. The first-order chi connectivity index (χ1) is 12.4. The first-order valence-corrected chi connectivity index (χ1v) is 8.01. The van der Waals surface area contributed by atoms with E-state index in [-0.39, 0.29) is 12.1 Å². The number of nitrogens with zero attached hydrogens (tertiary/aromatic N) is 4. The maximum Gasteiger partial charge on any atom is 0.244 e. The standard InChI is InChI=1S/C18H17F2N5O/c1-11-3-5-13(6-4-11)18-22-24-25(23-18)10-17(26)21-12(2)15-8-7-14(19)9-16(15)20/h3-9,12H,10H2,1-2H3,(H,21,26)/t12-/m1/s1. The van der Waals surface area contributed by atoms with Gasteiger partial charge < -0.3 is 5.32 Å². The van der Waals surface area contributed by atoms with Gasteiger partial charge in [-0.3, -0.25) is 4.79 Å². The van der Waals surface area contributed by atoms with Crippen molar-refractivity contribution in [3.05, 3.63) is 65.2 Å². The Morgan fingerprint density at radius 1 is 1.19 bits per heavy atom. The van der Waals surface area contributed by atoms with Crippen molar-refractivity contribution < 1.29 is 13.6 Å². The van der Waals surface area contributed by atoms with E-state index < -0.39 is 23.6 Å². The highest BCUT2D eigenvalue weighted by atomic mass is 19.1. The average molecular weight is 357 g/mol. The molecule has 0 aliphatic rings. The monoisotopic (exact) mass is 357 g/mol. The SMILES string of the molecule is Cc1ccc(-c2nnn(CC(=O)N[C@H](C)c3ccc(F)cc3F)n2)cc1. The van der Waals surface area contributed by atoms with Gasteiger partial charge in [-0.15, -0.1) is 10.2 Å². The molecular formula is C18H17F2N5O. The molecule has 0 aliphatic carbocycles. The van der Waals surface area contributed by atoms with Gasteiger partial charge in [-0.2, -0.15) is 4.80 Å². The van der Waals surface area contributed by atoms with E-state index in [4.69, 9.17) is 0 Å². The van der Waals surface area contributed by atoms with E-state index in [1.54, 1.807) is 6.92 Å². The number of aromatic nitrogens is 4. The lowest BCUT2D eigenvalue weighted by Gasteiger charge is -2.14. The molecular weight excluding hydrogens is 340 g/mol. The van der Waals surface area contributed by atoms with E-state index in [1.165, 1.54) is 6.07 Å². The largest absolute Gasteiger partial charge is 0.348 e. The Morgan fingerprint density at radius 2 is 1.92 bits per heavy atom. The summed E-state index contributed by atoms with van der Waals surface area (Å²) in [6, 6.07) is 10.2. The number of hydrogen-bond donors (Lipinski definition) is 1. The van der Waals surface area contributed by atoms with Gasteiger partial charge in [0.1, 0.15) is 18.2 Å². The molecule has 26 heavy (non-hydrogen) atoms. The molecule has 3 aromatic rings. The Morgan fingerprint density at radius 3 is 2.62 bits per heavy atom. The van der Waals surface area contributed by atoms with Crippen LogP contribution in [0.5, 0.6) is 0 Å². The highest BCUT2D eigenvalue weighted by molar-refractivity contribution is 5.76. The van der Waals surface area contributed by atoms with E-state index in [9.17, 15) is 13.6 Å². The molecule has 0 fully saturated rings. The fourth-order valence-electron chi connectivity index (χ4n) is 2.47. The third kappa shape index (κ3) is 4.08. The van der Waals surface area contributed by atoms with Gasteiger partial charge in [0.05, 0.1) is 6.04 Å². The van der Waals surface area contributed by atoms with E-state index in [2.05, 4.69) is 20.7 Å². The lowest BCUT2D eigenvalue weighted by molar-refractivity contribution is -0.122. The predicted octanol–water partition coefficient (Wildman–Crippen LogP) is 2.80. The molecule has 0 saturated heterocycles. The zero-order chi connectivity index (χ0) is 18.7. The first kappa shape index (κ1) is 17.7.